The topological polar surface area (TPSA) is 72.2 Å². The smallest absolute Gasteiger partial charge is 0.257 e. The van der Waals surface area contributed by atoms with Crippen LogP contribution in [0.1, 0.15) is 23.1 Å². The molecule has 4 rings (SSSR count). The van der Waals surface area contributed by atoms with E-state index in [-0.39, 0.29) is 10.9 Å². The summed E-state index contributed by atoms with van der Waals surface area (Å²) in [6.07, 6.45) is 0.765. The number of carbonyl (C=O) groups is 1. The van der Waals surface area contributed by atoms with Crippen LogP contribution in [0.5, 0.6) is 0 Å². The van der Waals surface area contributed by atoms with E-state index in [9.17, 15) is 4.79 Å². The summed E-state index contributed by atoms with van der Waals surface area (Å²) in [5, 5.41) is 17.0. The highest BCUT2D eigenvalue weighted by Gasteiger charge is 2.14. The normalized spacial score (nSPS) is 11.1. The highest BCUT2D eigenvalue weighted by atomic mass is 35.5. The van der Waals surface area contributed by atoms with Crippen molar-refractivity contribution in [2.45, 2.75) is 13.3 Å². The first-order chi connectivity index (χ1) is 13.1. The van der Waals surface area contributed by atoms with Crippen LogP contribution in [0, 0.1) is 0 Å². The predicted octanol–water partition coefficient (Wildman–Crippen LogP) is 4.97. The summed E-state index contributed by atoms with van der Waals surface area (Å²) in [5.74, 6) is 0.511. The third kappa shape index (κ3) is 3.41. The minimum absolute atomic E-state index is 0.236. The number of benzene rings is 2. The molecule has 9 heteroatoms. The molecule has 0 aliphatic heterocycles. The predicted molar refractivity (Wildman–Crippen MR) is 108 cm³/mol. The second kappa shape index (κ2) is 7.26. The lowest BCUT2D eigenvalue weighted by Crippen LogP contribution is -2.12. The zero-order chi connectivity index (χ0) is 19.0. The fourth-order valence-electron chi connectivity index (χ4n) is 2.57. The molecule has 0 fully saturated rings. The fourth-order valence-corrected chi connectivity index (χ4v) is 3.82. The summed E-state index contributed by atoms with van der Waals surface area (Å²) in [5.41, 5.74) is 1.91. The monoisotopic (exact) mass is 417 g/mol. The fraction of sp³-hybridized carbons (Fsp3) is 0.111. The Balaban J connectivity index is 1.55. The van der Waals surface area contributed by atoms with Gasteiger partial charge in [-0.2, -0.15) is 9.61 Å². The van der Waals surface area contributed by atoms with Crippen molar-refractivity contribution < 1.29 is 4.79 Å². The molecule has 1 amide bonds. The Kier molecular flexibility index (Phi) is 4.82. The van der Waals surface area contributed by atoms with Gasteiger partial charge in [0.25, 0.3) is 5.91 Å². The lowest BCUT2D eigenvalue weighted by atomic mass is 10.2. The number of aryl methyl sites for hydroxylation is 1. The van der Waals surface area contributed by atoms with Gasteiger partial charge in [-0.05, 0) is 36.4 Å². The Hall–Kier alpha value is -2.48. The van der Waals surface area contributed by atoms with Crippen molar-refractivity contribution in [3.05, 3.63) is 63.9 Å². The number of aromatic nitrogens is 4. The van der Waals surface area contributed by atoms with Gasteiger partial charge in [-0.15, -0.1) is 10.2 Å². The van der Waals surface area contributed by atoms with Gasteiger partial charge in [0.15, 0.2) is 5.82 Å². The molecule has 0 aliphatic carbocycles. The Bertz CT molecular complexity index is 1140. The molecule has 0 spiro atoms. The molecule has 2 heterocycles. The summed E-state index contributed by atoms with van der Waals surface area (Å²) < 4.78 is 1.76. The van der Waals surface area contributed by atoms with E-state index in [2.05, 4.69) is 20.6 Å². The van der Waals surface area contributed by atoms with Gasteiger partial charge in [0.2, 0.25) is 4.96 Å². The van der Waals surface area contributed by atoms with E-state index >= 15 is 0 Å². The molecule has 2 aromatic heterocycles. The van der Waals surface area contributed by atoms with Crippen LogP contribution in [0.25, 0.3) is 15.5 Å². The molecule has 0 bridgehead atoms. The Morgan fingerprint density at radius 1 is 1.15 bits per heavy atom. The Labute approximate surface area is 168 Å². The Morgan fingerprint density at radius 3 is 2.67 bits per heavy atom. The number of halogens is 2. The number of hydrogen-bond donors (Lipinski definition) is 1. The third-order valence-corrected chi connectivity index (χ3v) is 5.72. The van der Waals surface area contributed by atoms with Gasteiger partial charge < -0.3 is 5.32 Å². The van der Waals surface area contributed by atoms with Crippen molar-refractivity contribution >= 4 is 51.1 Å². The van der Waals surface area contributed by atoms with Crippen molar-refractivity contribution in [3.8, 4) is 10.6 Å². The van der Waals surface area contributed by atoms with Crippen LogP contribution in [0.4, 0.5) is 5.69 Å². The van der Waals surface area contributed by atoms with Gasteiger partial charge in [-0.3, -0.25) is 4.79 Å². The molecular weight excluding hydrogens is 405 g/mol. The van der Waals surface area contributed by atoms with Crippen molar-refractivity contribution in [3.63, 3.8) is 0 Å². The lowest BCUT2D eigenvalue weighted by Gasteiger charge is -2.08. The van der Waals surface area contributed by atoms with E-state index in [4.69, 9.17) is 23.2 Å². The molecule has 4 aromatic rings. The number of rotatable bonds is 4. The average Bonchev–Trinajstić information content (AvgIpc) is 3.25. The van der Waals surface area contributed by atoms with Crippen LogP contribution in [0.2, 0.25) is 10.0 Å². The van der Waals surface area contributed by atoms with Crippen LogP contribution in [0.15, 0.2) is 42.5 Å². The first kappa shape index (κ1) is 17.9. The standard InChI is InChI=1S/C18H13Cl2N5OS/c1-2-14-22-23-18-25(14)24-17(27-18)10-6-8-11(9-7-10)21-16(26)12-4-3-5-13(19)15(12)20/h3-9H,2H2,1H3,(H,21,26). The van der Waals surface area contributed by atoms with Crippen molar-refractivity contribution in [2.24, 2.45) is 0 Å². The summed E-state index contributed by atoms with van der Waals surface area (Å²) in [4.78, 5) is 13.2. The second-order valence-corrected chi connectivity index (χ2v) is 7.45. The van der Waals surface area contributed by atoms with Gasteiger partial charge in [0, 0.05) is 17.7 Å². The van der Waals surface area contributed by atoms with E-state index in [0.717, 1.165) is 27.8 Å². The molecular formula is C18H13Cl2N5OS. The quantitative estimate of drug-likeness (QED) is 0.508. The van der Waals surface area contributed by atoms with Gasteiger partial charge in [-0.25, -0.2) is 0 Å². The highest BCUT2D eigenvalue weighted by molar-refractivity contribution is 7.19. The van der Waals surface area contributed by atoms with E-state index < -0.39 is 0 Å². The number of fused-ring (bicyclic) bond motifs is 1. The number of amides is 1. The van der Waals surface area contributed by atoms with Gasteiger partial charge in [0.1, 0.15) is 5.01 Å². The molecule has 0 radical (unpaired) electrons. The Morgan fingerprint density at radius 2 is 1.93 bits per heavy atom. The molecule has 0 saturated heterocycles. The van der Waals surface area contributed by atoms with E-state index in [1.807, 2.05) is 31.2 Å². The molecule has 0 atom stereocenters. The van der Waals surface area contributed by atoms with Crippen LogP contribution >= 0.6 is 34.5 Å². The van der Waals surface area contributed by atoms with Crippen LogP contribution in [-0.4, -0.2) is 25.7 Å². The van der Waals surface area contributed by atoms with Crippen LogP contribution in [0.3, 0.4) is 0 Å². The zero-order valence-corrected chi connectivity index (χ0v) is 16.4. The summed E-state index contributed by atoms with van der Waals surface area (Å²) in [6, 6.07) is 12.4. The van der Waals surface area contributed by atoms with E-state index in [1.165, 1.54) is 11.3 Å². The first-order valence-electron chi connectivity index (χ1n) is 8.13. The largest absolute Gasteiger partial charge is 0.322 e. The molecule has 0 aliphatic rings. The highest BCUT2D eigenvalue weighted by Crippen LogP contribution is 2.28. The maximum atomic E-state index is 12.4. The molecule has 0 unspecified atom stereocenters. The minimum atomic E-state index is -0.318. The number of hydrogen-bond acceptors (Lipinski definition) is 5. The summed E-state index contributed by atoms with van der Waals surface area (Å²) >= 11 is 13.5. The van der Waals surface area contributed by atoms with Gasteiger partial charge in [-0.1, -0.05) is 47.5 Å². The molecule has 27 heavy (non-hydrogen) atoms. The number of nitrogens with zero attached hydrogens (tertiary/aromatic N) is 4. The van der Waals surface area contributed by atoms with E-state index in [0.29, 0.717) is 16.3 Å². The van der Waals surface area contributed by atoms with Crippen LogP contribution in [-0.2, 0) is 6.42 Å². The SMILES string of the molecule is CCc1nnc2sc(-c3ccc(NC(=O)c4cccc(Cl)c4Cl)cc3)nn12. The van der Waals surface area contributed by atoms with Crippen molar-refractivity contribution in [1.29, 1.82) is 0 Å². The summed E-state index contributed by atoms with van der Waals surface area (Å²) in [6.45, 7) is 2.01. The van der Waals surface area contributed by atoms with Crippen LogP contribution < -0.4 is 5.32 Å². The zero-order valence-electron chi connectivity index (χ0n) is 14.1. The first-order valence-corrected chi connectivity index (χ1v) is 9.71. The van der Waals surface area contributed by atoms with Crippen molar-refractivity contribution in [2.75, 3.05) is 5.32 Å². The third-order valence-electron chi connectivity index (χ3n) is 3.96. The molecule has 2 aromatic carbocycles. The maximum absolute atomic E-state index is 12.4. The average molecular weight is 418 g/mol. The molecule has 0 saturated carbocycles. The lowest BCUT2D eigenvalue weighted by molar-refractivity contribution is 0.102. The number of nitrogens with one attached hydrogen (secondary N) is 1. The molecule has 6 nitrogen and oxygen atoms in total. The minimum Gasteiger partial charge on any atom is -0.322 e. The maximum Gasteiger partial charge on any atom is 0.257 e. The number of carbonyl (C=O) groups excluding carboxylic acids is 1. The summed E-state index contributed by atoms with van der Waals surface area (Å²) in [7, 11) is 0. The van der Waals surface area contributed by atoms with Gasteiger partial charge >= 0.3 is 0 Å². The molecule has 136 valence electrons. The number of anilines is 1. The molecule has 1 N–H and O–H groups in total. The second-order valence-electron chi connectivity index (χ2n) is 5.70. The van der Waals surface area contributed by atoms with E-state index in [1.54, 1.807) is 22.7 Å². The van der Waals surface area contributed by atoms with Crippen molar-refractivity contribution in [1.82, 2.24) is 19.8 Å². The van der Waals surface area contributed by atoms with Gasteiger partial charge in [0.05, 0.1) is 15.6 Å².